The van der Waals surface area contributed by atoms with E-state index in [1.165, 1.54) is 24.3 Å². The number of esters is 1. The van der Waals surface area contributed by atoms with Gasteiger partial charge in [0.15, 0.2) is 0 Å². The van der Waals surface area contributed by atoms with Gasteiger partial charge in [0.05, 0.1) is 24.5 Å². The van der Waals surface area contributed by atoms with Gasteiger partial charge in [-0.1, -0.05) is 18.2 Å². The molecule has 1 rings (SSSR count). The third kappa shape index (κ3) is 4.00. The Morgan fingerprint density at radius 3 is 2.47 bits per heavy atom. The van der Waals surface area contributed by atoms with Crippen molar-refractivity contribution in [3.63, 3.8) is 0 Å². The predicted molar refractivity (Wildman–Crippen MR) is 65.4 cm³/mol. The quantitative estimate of drug-likeness (QED) is 0.615. The lowest BCUT2D eigenvalue weighted by Gasteiger charge is -2.19. The highest BCUT2D eigenvalue weighted by Crippen LogP contribution is 2.25. The molecule has 7 nitrogen and oxygen atoms in total. The molecule has 2 atom stereocenters. The van der Waals surface area contributed by atoms with Crippen molar-refractivity contribution < 1.29 is 28.2 Å². The van der Waals surface area contributed by atoms with E-state index in [1.807, 2.05) is 0 Å². The molecule has 19 heavy (non-hydrogen) atoms. The predicted octanol–water partition coefficient (Wildman–Crippen LogP) is -0.709. The monoisotopic (exact) mass is 289 g/mol. The highest BCUT2D eigenvalue weighted by molar-refractivity contribution is 7.89. The van der Waals surface area contributed by atoms with Crippen molar-refractivity contribution in [1.82, 2.24) is 0 Å². The molecule has 0 saturated carbocycles. The summed E-state index contributed by atoms with van der Waals surface area (Å²) >= 11 is 0. The fourth-order valence-electron chi connectivity index (χ4n) is 1.56. The summed E-state index contributed by atoms with van der Waals surface area (Å²) in [6.45, 7) is 0. The fourth-order valence-corrected chi connectivity index (χ4v) is 2.34. The molecule has 0 aliphatic heterocycles. The third-order valence-electron chi connectivity index (χ3n) is 2.51. The van der Waals surface area contributed by atoms with Gasteiger partial charge in [-0.15, -0.1) is 0 Å². The number of sulfonamides is 1. The zero-order chi connectivity index (χ0) is 14.6. The molecule has 0 bridgehead atoms. The molecule has 0 heterocycles. The summed E-state index contributed by atoms with van der Waals surface area (Å²) in [4.78, 5) is 10.7. The number of methoxy groups -OCH3 is 1. The van der Waals surface area contributed by atoms with Crippen molar-refractivity contribution in [3.05, 3.63) is 29.8 Å². The molecule has 0 spiro atoms. The topological polar surface area (TPSA) is 127 Å². The lowest BCUT2D eigenvalue weighted by molar-refractivity contribution is -0.144. The molecule has 106 valence electrons. The maximum Gasteiger partial charge on any atom is 0.308 e. The van der Waals surface area contributed by atoms with Gasteiger partial charge in [0.25, 0.3) is 0 Å². The van der Waals surface area contributed by atoms with Crippen molar-refractivity contribution in [1.29, 1.82) is 0 Å². The number of aliphatic hydroxyl groups excluding tert-OH is 2. The second-order valence-electron chi connectivity index (χ2n) is 3.88. The van der Waals surface area contributed by atoms with Crippen molar-refractivity contribution >= 4 is 16.0 Å². The molecule has 0 aliphatic carbocycles. The number of rotatable bonds is 5. The van der Waals surface area contributed by atoms with Gasteiger partial charge in [0.1, 0.15) is 6.10 Å². The number of carbonyl (C=O) groups excluding carboxylic acids is 1. The molecular formula is C11H15NO6S. The fraction of sp³-hybridized carbons (Fsp3) is 0.364. The zero-order valence-corrected chi connectivity index (χ0v) is 11.0. The standard InChI is InChI=1S/C11H15NO6S/c1-18-10(14)6-8(13)11(15)7-4-2-3-5-9(7)19(12,16)17/h2-5,8,11,13,15H,6H2,1H3,(H2,12,16,17). The minimum Gasteiger partial charge on any atom is -0.469 e. The molecule has 0 aromatic heterocycles. The summed E-state index contributed by atoms with van der Waals surface area (Å²) in [7, 11) is -2.89. The Labute approximate surface area is 110 Å². The van der Waals surface area contributed by atoms with Crippen LogP contribution in [0.1, 0.15) is 18.1 Å². The summed E-state index contributed by atoms with van der Waals surface area (Å²) in [6, 6.07) is 5.43. The van der Waals surface area contributed by atoms with Crippen LogP contribution in [-0.4, -0.2) is 37.8 Å². The van der Waals surface area contributed by atoms with E-state index in [-0.39, 0.29) is 10.5 Å². The summed E-state index contributed by atoms with van der Waals surface area (Å²) in [5.41, 5.74) is -0.0681. The Morgan fingerprint density at radius 2 is 1.95 bits per heavy atom. The van der Waals surface area contributed by atoms with E-state index in [2.05, 4.69) is 4.74 Å². The first-order valence-electron chi connectivity index (χ1n) is 5.32. The van der Waals surface area contributed by atoms with Crippen LogP contribution < -0.4 is 5.14 Å². The average Bonchev–Trinajstić information content (AvgIpc) is 2.36. The molecule has 1 aromatic carbocycles. The zero-order valence-electron chi connectivity index (χ0n) is 10.2. The lowest BCUT2D eigenvalue weighted by atomic mass is 10.0. The van der Waals surface area contributed by atoms with Crippen LogP contribution in [0.2, 0.25) is 0 Å². The van der Waals surface area contributed by atoms with Crippen LogP contribution >= 0.6 is 0 Å². The van der Waals surface area contributed by atoms with Gasteiger partial charge in [-0.05, 0) is 6.07 Å². The number of primary sulfonamides is 1. The number of ether oxygens (including phenoxy) is 1. The molecule has 4 N–H and O–H groups in total. The normalized spacial score (nSPS) is 14.7. The third-order valence-corrected chi connectivity index (χ3v) is 3.50. The van der Waals surface area contributed by atoms with E-state index in [4.69, 9.17) is 5.14 Å². The SMILES string of the molecule is COC(=O)CC(O)C(O)c1ccccc1S(N)(=O)=O. The van der Waals surface area contributed by atoms with Gasteiger partial charge in [0, 0.05) is 5.56 Å². The Hall–Kier alpha value is -1.48. The van der Waals surface area contributed by atoms with E-state index in [1.54, 1.807) is 0 Å². The minimum atomic E-state index is -4.03. The number of carbonyl (C=O) groups is 1. The van der Waals surface area contributed by atoms with E-state index in [9.17, 15) is 23.4 Å². The molecule has 1 aromatic rings. The van der Waals surface area contributed by atoms with Crippen molar-refractivity contribution in [2.24, 2.45) is 5.14 Å². The number of hydrogen-bond donors (Lipinski definition) is 3. The second-order valence-corrected chi connectivity index (χ2v) is 5.41. The van der Waals surface area contributed by atoms with Crippen LogP contribution in [0.4, 0.5) is 0 Å². The summed E-state index contributed by atoms with van der Waals surface area (Å²) in [5.74, 6) is -0.723. The van der Waals surface area contributed by atoms with Crippen LogP contribution in [0.15, 0.2) is 29.2 Å². The Kier molecular flexibility index (Phi) is 5.01. The highest BCUT2D eigenvalue weighted by atomic mass is 32.2. The Bertz CT molecular complexity index is 556. The van der Waals surface area contributed by atoms with Crippen molar-refractivity contribution in [2.75, 3.05) is 7.11 Å². The molecule has 2 unspecified atom stereocenters. The molecule has 0 amide bonds. The molecule has 8 heteroatoms. The summed E-state index contributed by atoms with van der Waals surface area (Å²) in [6.07, 6.45) is -3.51. The molecule has 0 aliphatic rings. The maximum absolute atomic E-state index is 11.4. The van der Waals surface area contributed by atoms with Crippen molar-refractivity contribution in [3.8, 4) is 0 Å². The van der Waals surface area contributed by atoms with E-state index in [0.717, 1.165) is 7.11 Å². The number of aliphatic hydroxyl groups is 2. The van der Waals surface area contributed by atoms with Crippen LogP contribution in [-0.2, 0) is 19.6 Å². The number of hydrogen-bond acceptors (Lipinski definition) is 6. The first-order chi connectivity index (χ1) is 8.77. The highest BCUT2D eigenvalue weighted by Gasteiger charge is 2.26. The van der Waals surface area contributed by atoms with Crippen LogP contribution in [0.5, 0.6) is 0 Å². The lowest BCUT2D eigenvalue weighted by Crippen LogP contribution is -2.25. The first kappa shape index (κ1) is 15.6. The number of nitrogens with two attached hydrogens (primary N) is 1. The van der Waals surface area contributed by atoms with E-state index < -0.39 is 34.6 Å². The Morgan fingerprint density at radius 1 is 1.37 bits per heavy atom. The van der Waals surface area contributed by atoms with Crippen LogP contribution in [0.3, 0.4) is 0 Å². The molecule has 0 fully saturated rings. The molecule has 0 saturated heterocycles. The maximum atomic E-state index is 11.4. The van der Waals surface area contributed by atoms with Gasteiger partial charge in [-0.2, -0.15) is 0 Å². The summed E-state index contributed by atoms with van der Waals surface area (Å²) in [5, 5.41) is 24.6. The smallest absolute Gasteiger partial charge is 0.308 e. The molecule has 0 radical (unpaired) electrons. The van der Waals surface area contributed by atoms with E-state index >= 15 is 0 Å². The Balaban J connectivity index is 3.06. The van der Waals surface area contributed by atoms with Gasteiger partial charge in [-0.25, -0.2) is 13.6 Å². The van der Waals surface area contributed by atoms with Crippen molar-refractivity contribution in [2.45, 2.75) is 23.5 Å². The second kappa shape index (κ2) is 6.11. The minimum absolute atomic E-state index is 0.0681. The molecular weight excluding hydrogens is 274 g/mol. The first-order valence-corrected chi connectivity index (χ1v) is 6.86. The van der Waals surface area contributed by atoms with E-state index in [0.29, 0.717) is 0 Å². The number of benzene rings is 1. The van der Waals surface area contributed by atoms with Crippen LogP contribution in [0, 0.1) is 0 Å². The van der Waals surface area contributed by atoms with Gasteiger partial charge >= 0.3 is 5.97 Å². The van der Waals surface area contributed by atoms with Gasteiger partial charge in [-0.3, -0.25) is 4.79 Å². The van der Waals surface area contributed by atoms with Crippen LogP contribution in [0.25, 0.3) is 0 Å². The summed E-state index contributed by atoms with van der Waals surface area (Å²) < 4.78 is 27.1. The largest absolute Gasteiger partial charge is 0.469 e. The average molecular weight is 289 g/mol. The van der Waals surface area contributed by atoms with Gasteiger partial charge in [0.2, 0.25) is 10.0 Å². The van der Waals surface area contributed by atoms with Gasteiger partial charge < -0.3 is 14.9 Å².